The normalized spacial score (nSPS) is 11.1. The second-order valence-corrected chi connectivity index (χ2v) is 7.28. The number of para-hydroxylation sites is 1. The van der Waals surface area contributed by atoms with Gasteiger partial charge in [0.25, 0.3) is 0 Å². The summed E-state index contributed by atoms with van der Waals surface area (Å²) in [5, 5.41) is 9.68. The Balaban J connectivity index is 1.39. The average molecular weight is 416 g/mol. The van der Waals surface area contributed by atoms with Crippen LogP contribution in [0.3, 0.4) is 0 Å². The Hall–Kier alpha value is -3.57. The van der Waals surface area contributed by atoms with Crippen LogP contribution in [0.4, 0.5) is 0 Å². The lowest BCUT2D eigenvalue weighted by atomic mass is 9.89. The molecule has 4 rings (SSSR count). The lowest BCUT2D eigenvalue weighted by Gasteiger charge is -2.18. The lowest BCUT2D eigenvalue weighted by molar-refractivity contribution is -0.139. The van der Waals surface area contributed by atoms with Gasteiger partial charge in [-0.3, -0.25) is 0 Å². The Bertz CT molecular complexity index is 1080. The fraction of sp³-hybridized carbons (Fsp3) is 0.192. The van der Waals surface area contributed by atoms with Crippen molar-refractivity contribution >= 4 is 16.9 Å². The zero-order valence-corrected chi connectivity index (χ0v) is 17.1. The number of hydrogen-bond donors (Lipinski definition) is 1. The number of carboxylic acid groups (broad SMARTS) is 1. The number of carbonyl (C=O) groups is 1. The van der Waals surface area contributed by atoms with E-state index in [1.54, 1.807) is 6.07 Å². The standard InChI is InChI=1S/C26H24O5/c27-25(28)18-30-24-13-7-12-21-16-22(31-26(21)24)17-29-15-14-23(19-8-3-1-4-9-19)20-10-5-2-6-11-20/h1-13,16,23H,14-15,17-18H2,(H,27,28). The van der Waals surface area contributed by atoms with Crippen LogP contribution in [0, 0.1) is 0 Å². The molecule has 0 atom stereocenters. The van der Waals surface area contributed by atoms with Crippen molar-refractivity contribution in [2.24, 2.45) is 0 Å². The molecular formula is C26H24O5. The van der Waals surface area contributed by atoms with E-state index < -0.39 is 12.6 Å². The first kappa shape index (κ1) is 20.7. The van der Waals surface area contributed by atoms with Crippen LogP contribution < -0.4 is 4.74 Å². The third kappa shape index (κ3) is 5.32. The number of ether oxygens (including phenoxy) is 2. The third-order valence-corrected chi connectivity index (χ3v) is 5.11. The van der Waals surface area contributed by atoms with Gasteiger partial charge in [-0.2, -0.15) is 0 Å². The van der Waals surface area contributed by atoms with Gasteiger partial charge in [-0.25, -0.2) is 4.79 Å². The number of rotatable bonds is 10. The predicted molar refractivity (Wildman–Crippen MR) is 118 cm³/mol. The number of carboxylic acids is 1. The maximum absolute atomic E-state index is 10.8. The molecular weight excluding hydrogens is 392 g/mol. The molecule has 1 N–H and O–H groups in total. The molecule has 0 bridgehead atoms. The zero-order chi connectivity index (χ0) is 21.5. The van der Waals surface area contributed by atoms with Gasteiger partial charge in [-0.15, -0.1) is 0 Å². The van der Waals surface area contributed by atoms with Crippen LogP contribution in [-0.2, 0) is 16.1 Å². The molecule has 5 nitrogen and oxygen atoms in total. The van der Waals surface area contributed by atoms with Crippen molar-refractivity contribution in [3.05, 3.63) is 102 Å². The van der Waals surface area contributed by atoms with Crippen LogP contribution >= 0.6 is 0 Å². The monoisotopic (exact) mass is 416 g/mol. The summed E-state index contributed by atoms with van der Waals surface area (Å²) in [6.07, 6.45) is 0.848. The van der Waals surface area contributed by atoms with Gasteiger partial charge < -0.3 is 19.0 Å². The van der Waals surface area contributed by atoms with Crippen LogP contribution in [0.1, 0.15) is 29.2 Å². The Kier molecular flexibility index (Phi) is 6.65. The number of hydrogen-bond acceptors (Lipinski definition) is 4. The molecule has 0 saturated carbocycles. The molecule has 0 aliphatic heterocycles. The van der Waals surface area contributed by atoms with Gasteiger partial charge in [0.05, 0.1) is 0 Å². The van der Waals surface area contributed by atoms with Gasteiger partial charge >= 0.3 is 5.97 Å². The minimum Gasteiger partial charge on any atom is -0.479 e. The maximum atomic E-state index is 10.8. The van der Waals surface area contributed by atoms with Crippen LogP contribution in [0.15, 0.2) is 89.3 Å². The van der Waals surface area contributed by atoms with Gasteiger partial charge in [0.2, 0.25) is 0 Å². The molecule has 0 fully saturated rings. The Morgan fingerprint density at radius 2 is 1.58 bits per heavy atom. The van der Waals surface area contributed by atoms with Crippen LogP contribution in [0.25, 0.3) is 11.0 Å². The summed E-state index contributed by atoms with van der Waals surface area (Å²) in [5.74, 6) is 0.323. The molecule has 158 valence electrons. The first-order valence-electron chi connectivity index (χ1n) is 10.2. The van der Waals surface area contributed by atoms with Gasteiger partial charge in [-0.1, -0.05) is 72.8 Å². The van der Waals surface area contributed by atoms with E-state index in [1.807, 2.05) is 30.3 Å². The summed E-state index contributed by atoms with van der Waals surface area (Å²) in [4.78, 5) is 10.8. The van der Waals surface area contributed by atoms with Gasteiger partial charge in [0.1, 0.15) is 12.4 Å². The quantitative estimate of drug-likeness (QED) is 0.339. The molecule has 0 amide bonds. The van der Waals surface area contributed by atoms with Crippen molar-refractivity contribution in [3.63, 3.8) is 0 Å². The molecule has 3 aromatic carbocycles. The number of benzene rings is 3. The summed E-state index contributed by atoms with van der Waals surface area (Å²) in [6.45, 7) is 0.503. The summed E-state index contributed by atoms with van der Waals surface area (Å²) in [5.41, 5.74) is 3.07. The third-order valence-electron chi connectivity index (χ3n) is 5.11. The van der Waals surface area contributed by atoms with Crippen molar-refractivity contribution in [3.8, 4) is 5.75 Å². The average Bonchev–Trinajstić information content (AvgIpc) is 3.22. The van der Waals surface area contributed by atoms with E-state index in [0.29, 0.717) is 30.3 Å². The van der Waals surface area contributed by atoms with Crippen molar-refractivity contribution in [2.75, 3.05) is 13.2 Å². The minimum atomic E-state index is -1.03. The molecule has 0 unspecified atom stereocenters. The molecule has 1 heterocycles. The number of fused-ring (bicyclic) bond motifs is 1. The SMILES string of the molecule is O=C(O)COc1cccc2cc(COCCC(c3ccccc3)c3ccccc3)oc12. The van der Waals surface area contributed by atoms with E-state index in [-0.39, 0.29) is 5.92 Å². The van der Waals surface area contributed by atoms with Gasteiger partial charge in [0.15, 0.2) is 17.9 Å². The highest BCUT2D eigenvalue weighted by atomic mass is 16.5. The Morgan fingerprint density at radius 1 is 0.903 bits per heavy atom. The summed E-state index contributed by atoms with van der Waals surface area (Å²) in [6, 6.07) is 28.2. The predicted octanol–water partition coefficient (Wildman–Crippen LogP) is 5.64. The van der Waals surface area contributed by atoms with Gasteiger partial charge in [-0.05, 0) is 29.7 Å². The second-order valence-electron chi connectivity index (χ2n) is 7.28. The molecule has 0 radical (unpaired) electrons. The molecule has 0 spiro atoms. The van der Waals surface area contributed by atoms with Crippen molar-refractivity contribution in [2.45, 2.75) is 18.9 Å². The lowest BCUT2D eigenvalue weighted by Crippen LogP contribution is -2.09. The fourth-order valence-corrected chi connectivity index (χ4v) is 3.68. The van der Waals surface area contributed by atoms with Crippen LogP contribution in [0.5, 0.6) is 5.75 Å². The Morgan fingerprint density at radius 3 is 2.23 bits per heavy atom. The van der Waals surface area contributed by atoms with E-state index in [0.717, 1.165) is 11.8 Å². The van der Waals surface area contributed by atoms with E-state index in [9.17, 15) is 4.79 Å². The summed E-state index contributed by atoms with van der Waals surface area (Å²) < 4.78 is 17.1. The molecule has 0 aliphatic carbocycles. The fourth-order valence-electron chi connectivity index (χ4n) is 3.68. The molecule has 0 aliphatic rings. The second kappa shape index (κ2) is 9.96. The van der Waals surface area contributed by atoms with Crippen molar-refractivity contribution in [1.29, 1.82) is 0 Å². The highest BCUT2D eigenvalue weighted by Gasteiger charge is 2.15. The Labute approximate surface area is 180 Å². The van der Waals surface area contributed by atoms with E-state index in [1.165, 1.54) is 11.1 Å². The zero-order valence-electron chi connectivity index (χ0n) is 17.1. The topological polar surface area (TPSA) is 68.9 Å². The van der Waals surface area contributed by atoms with Crippen LogP contribution in [-0.4, -0.2) is 24.3 Å². The first-order valence-corrected chi connectivity index (χ1v) is 10.2. The van der Waals surface area contributed by atoms with Crippen molar-refractivity contribution < 1.29 is 23.8 Å². The maximum Gasteiger partial charge on any atom is 0.341 e. The molecule has 1 aromatic heterocycles. The number of aliphatic carboxylic acids is 1. The van der Waals surface area contributed by atoms with Gasteiger partial charge in [0, 0.05) is 17.9 Å². The van der Waals surface area contributed by atoms with E-state index in [2.05, 4.69) is 48.5 Å². The summed E-state index contributed by atoms with van der Waals surface area (Å²) in [7, 11) is 0. The molecule has 5 heteroatoms. The highest BCUT2D eigenvalue weighted by molar-refractivity contribution is 5.84. The first-order chi connectivity index (χ1) is 15.2. The summed E-state index contributed by atoms with van der Waals surface area (Å²) >= 11 is 0. The minimum absolute atomic E-state index is 0.258. The van der Waals surface area contributed by atoms with E-state index >= 15 is 0 Å². The molecule has 4 aromatic rings. The van der Waals surface area contributed by atoms with Crippen molar-refractivity contribution in [1.82, 2.24) is 0 Å². The smallest absolute Gasteiger partial charge is 0.341 e. The van der Waals surface area contributed by atoms with Crippen LogP contribution in [0.2, 0.25) is 0 Å². The molecule has 31 heavy (non-hydrogen) atoms. The molecule has 0 saturated heterocycles. The largest absolute Gasteiger partial charge is 0.479 e. The van der Waals surface area contributed by atoms with E-state index in [4.69, 9.17) is 19.0 Å². The number of furan rings is 1. The highest BCUT2D eigenvalue weighted by Crippen LogP contribution is 2.30.